The fraction of sp³-hybridized carbons (Fsp3) is 0.455. The molecule has 5 heteroatoms. The zero-order valence-electron chi connectivity index (χ0n) is 15.7. The van der Waals surface area contributed by atoms with Crippen molar-refractivity contribution in [3.8, 4) is 0 Å². The van der Waals surface area contributed by atoms with Gasteiger partial charge in [0.05, 0.1) is 12.1 Å². The molecule has 142 valence electrons. The molecule has 1 aliphatic carbocycles. The van der Waals surface area contributed by atoms with E-state index in [4.69, 9.17) is 0 Å². The highest BCUT2D eigenvalue weighted by Crippen LogP contribution is 2.41. The summed E-state index contributed by atoms with van der Waals surface area (Å²) in [6, 6.07) is 16.3. The van der Waals surface area contributed by atoms with Crippen LogP contribution in [0, 0.1) is 5.92 Å². The minimum atomic E-state index is -0.141. The van der Waals surface area contributed by atoms with Gasteiger partial charge in [-0.25, -0.2) is 4.98 Å². The number of nitrogens with one attached hydrogen (secondary N) is 2. The van der Waals surface area contributed by atoms with Crippen LogP contribution in [0.25, 0.3) is 0 Å². The standard InChI is InChI=1S/C22H28N4O/c27-21(25-22(11-6-12-22)19-7-2-1-3-8-19)17-26-14-10-18(16-26)15-24-20-9-4-5-13-23-20/h1-5,7-9,13,18H,6,10-12,14-17H2,(H,23,24)(H,25,27). The van der Waals surface area contributed by atoms with E-state index in [1.807, 2.05) is 24.3 Å². The molecular weight excluding hydrogens is 336 g/mol. The van der Waals surface area contributed by atoms with Gasteiger partial charge in [-0.3, -0.25) is 9.69 Å². The van der Waals surface area contributed by atoms with E-state index in [1.165, 1.54) is 12.0 Å². The fourth-order valence-corrected chi connectivity index (χ4v) is 4.22. The summed E-state index contributed by atoms with van der Waals surface area (Å²) in [5.74, 6) is 1.63. The van der Waals surface area contributed by atoms with E-state index < -0.39 is 0 Å². The minimum absolute atomic E-state index is 0.141. The van der Waals surface area contributed by atoms with Gasteiger partial charge in [0.1, 0.15) is 5.82 Å². The summed E-state index contributed by atoms with van der Waals surface area (Å²) >= 11 is 0. The molecule has 1 atom stereocenters. The molecule has 1 amide bonds. The van der Waals surface area contributed by atoms with Gasteiger partial charge in [-0.2, -0.15) is 0 Å². The molecule has 0 radical (unpaired) electrons. The first-order chi connectivity index (χ1) is 13.2. The minimum Gasteiger partial charge on any atom is -0.370 e. The van der Waals surface area contributed by atoms with Crippen LogP contribution >= 0.6 is 0 Å². The number of anilines is 1. The van der Waals surface area contributed by atoms with E-state index in [0.29, 0.717) is 12.5 Å². The van der Waals surface area contributed by atoms with Crippen LogP contribution in [0.1, 0.15) is 31.2 Å². The average molecular weight is 364 g/mol. The SMILES string of the molecule is O=C(CN1CCC(CNc2ccccn2)C1)NC1(c2ccccc2)CCC1. The number of hydrogen-bond donors (Lipinski definition) is 2. The van der Waals surface area contributed by atoms with Crippen LogP contribution in [0.4, 0.5) is 5.82 Å². The Morgan fingerprint density at radius 3 is 2.67 bits per heavy atom. The summed E-state index contributed by atoms with van der Waals surface area (Å²) in [6.07, 6.45) is 6.19. The van der Waals surface area contributed by atoms with Crippen molar-refractivity contribution in [1.82, 2.24) is 15.2 Å². The van der Waals surface area contributed by atoms with Crippen LogP contribution in [0.15, 0.2) is 54.7 Å². The summed E-state index contributed by atoms with van der Waals surface area (Å²) in [5.41, 5.74) is 1.10. The number of hydrogen-bond acceptors (Lipinski definition) is 4. The van der Waals surface area contributed by atoms with Crippen molar-refractivity contribution < 1.29 is 4.79 Å². The van der Waals surface area contributed by atoms with E-state index >= 15 is 0 Å². The number of aromatic nitrogens is 1. The Morgan fingerprint density at radius 2 is 1.96 bits per heavy atom. The number of rotatable bonds is 7. The number of amides is 1. The Labute approximate surface area is 161 Å². The van der Waals surface area contributed by atoms with Crippen molar-refractivity contribution in [2.45, 2.75) is 31.2 Å². The monoisotopic (exact) mass is 364 g/mol. The molecule has 1 saturated carbocycles. The van der Waals surface area contributed by atoms with Gasteiger partial charge in [0.25, 0.3) is 0 Å². The van der Waals surface area contributed by atoms with Crippen LogP contribution in [0.2, 0.25) is 0 Å². The first-order valence-electron chi connectivity index (χ1n) is 9.97. The van der Waals surface area contributed by atoms with E-state index in [2.05, 4.69) is 44.8 Å². The van der Waals surface area contributed by atoms with Gasteiger partial charge in [0.2, 0.25) is 5.91 Å². The van der Waals surface area contributed by atoms with Gasteiger partial charge in [-0.1, -0.05) is 36.4 Å². The number of pyridine rings is 1. The lowest BCUT2D eigenvalue weighted by molar-refractivity contribution is -0.125. The molecule has 5 nitrogen and oxygen atoms in total. The van der Waals surface area contributed by atoms with E-state index in [0.717, 1.165) is 44.7 Å². The Bertz CT molecular complexity index is 745. The molecule has 2 fully saturated rings. The molecule has 0 bridgehead atoms. The molecular formula is C22H28N4O. The van der Waals surface area contributed by atoms with Gasteiger partial charge in [0, 0.05) is 19.3 Å². The van der Waals surface area contributed by atoms with E-state index in [-0.39, 0.29) is 11.4 Å². The van der Waals surface area contributed by atoms with Gasteiger partial charge < -0.3 is 10.6 Å². The molecule has 2 aromatic rings. The molecule has 1 unspecified atom stereocenters. The molecule has 4 rings (SSSR count). The lowest BCUT2D eigenvalue weighted by Gasteiger charge is -2.43. The third kappa shape index (κ3) is 4.30. The number of nitrogens with zero attached hydrogens (tertiary/aromatic N) is 2. The van der Waals surface area contributed by atoms with Crippen molar-refractivity contribution >= 4 is 11.7 Å². The maximum absolute atomic E-state index is 12.7. The van der Waals surface area contributed by atoms with Gasteiger partial charge in [-0.15, -0.1) is 0 Å². The second-order valence-corrected chi connectivity index (χ2v) is 7.84. The van der Waals surface area contributed by atoms with Crippen LogP contribution in [0.5, 0.6) is 0 Å². The highest BCUT2D eigenvalue weighted by Gasteiger charge is 2.40. The van der Waals surface area contributed by atoms with Gasteiger partial charge in [-0.05, 0) is 55.8 Å². The molecule has 2 N–H and O–H groups in total. The van der Waals surface area contributed by atoms with Crippen molar-refractivity contribution in [1.29, 1.82) is 0 Å². The number of carbonyl (C=O) groups excluding carboxylic acids is 1. The molecule has 1 aromatic carbocycles. The highest BCUT2D eigenvalue weighted by atomic mass is 16.2. The Kier molecular flexibility index (Phi) is 5.39. The van der Waals surface area contributed by atoms with Crippen LogP contribution in [-0.4, -0.2) is 42.0 Å². The fourth-order valence-electron chi connectivity index (χ4n) is 4.22. The normalized spacial score (nSPS) is 21.4. The molecule has 1 aromatic heterocycles. The summed E-state index contributed by atoms with van der Waals surface area (Å²) in [6.45, 7) is 3.35. The molecule has 2 aliphatic rings. The van der Waals surface area contributed by atoms with Crippen LogP contribution in [0.3, 0.4) is 0 Å². The summed E-state index contributed by atoms with van der Waals surface area (Å²) in [4.78, 5) is 19.3. The average Bonchev–Trinajstić information content (AvgIpc) is 3.12. The number of benzene rings is 1. The van der Waals surface area contributed by atoms with E-state index in [9.17, 15) is 4.79 Å². The quantitative estimate of drug-likeness (QED) is 0.793. The molecule has 1 aliphatic heterocycles. The Hall–Kier alpha value is -2.40. The predicted octanol–water partition coefficient (Wildman–Crippen LogP) is 3.01. The van der Waals surface area contributed by atoms with Crippen LogP contribution < -0.4 is 10.6 Å². The molecule has 27 heavy (non-hydrogen) atoms. The zero-order chi connectivity index (χ0) is 18.5. The highest BCUT2D eigenvalue weighted by molar-refractivity contribution is 5.79. The Balaban J connectivity index is 1.25. The second kappa shape index (κ2) is 8.09. The lowest BCUT2D eigenvalue weighted by Crippen LogP contribution is -2.53. The third-order valence-corrected chi connectivity index (χ3v) is 5.89. The maximum atomic E-state index is 12.7. The largest absolute Gasteiger partial charge is 0.370 e. The lowest BCUT2D eigenvalue weighted by atomic mass is 9.72. The van der Waals surface area contributed by atoms with Gasteiger partial charge in [0.15, 0.2) is 0 Å². The van der Waals surface area contributed by atoms with Crippen LogP contribution in [-0.2, 0) is 10.3 Å². The smallest absolute Gasteiger partial charge is 0.234 e. The Morgan fingerprint density at radius 1 is 1.15 bits per heavy atom. The second-order valence-electron chi connectivity index (χ2n) is 7.84. The molecule has 2 heterocycles. The maximum Gasteiger partial charge on any atom is 0.234 e. The number of carbonyl (C=O) groups is 1. The van der Waals surface area contributed by atoms with Gasteiger partial charge >= 0.3 is 0 Å². The van der Waals surface area contributed by atoms with E-state index in [1.54, 1.807) is 6.20 Å². The van der Waals surface area contributed by atoms with Crippen molar-refractivity contribution in [2.24, 2.45) is 5.92 Å². The number of likely N-dealkylation sites (tertiary alicyclic amines) is 1. The summed E-state index contributed by atoms with van der Waals surface area (Å²) in [5, 5.41) is 6.74. The predicted molar refractivity (Wildman–Crippen MR) is 107 cm³/mol. The first-order valence-corrected chi connectivity index (χ1v) is 9.97. The van der Waals surface area contributed by atoms with Crippen molar-refractivity contribution in [3.63, 3.8) is 0 Å². The topological polar surface area (TPSA) is 57.3 Å². The summed E-state index contributed by atoms with van der Waals surface area (Å²) in [7, 11) is 0. The first kappa shape index (κ1) is 18.0. The molecule has 1 saturated heterocycles. The molecule has 0 spiro atoms. The zero-order valence-corrected chi connectivity index (χ0v) is 15.7. The van der Waals surface area contributed by atoms with Crippen molar-refractivity contribution in [3.05, 3.63) is 60.3 Å². The summed E-state index contributed by atoms with van der Waals surface area (Å²) < 4.78 is 0. The van der Waals surface area contributed by atoms with Crippen molar-refractivity contribution in [2.75, 3.05) is 31.5 Å². The third-order valence-electron chi connectivity index (χ3n) is 5.89.